The molecule has 37 heavy (non-hydrogen) atoms. The van der Waals surface area contributed by atoms with E-state index in [2.05, 4.69) is 0 Å². The van der Waals surface area contributed by atoms with Crippen LogP contribution in [0.15, 0.2) is 103 Å². The molecule has 0 bridgehead atoms. The summed E-state index contributed by atoms with van der Waals surface area (Å²) < 4.78 is 11.2. The Kier molecular flexibility index (Phi) is 7.29. The number of nitrogens with zero attached hydrogens (tertiary/aromatic N) is 2. The number of carbonyl (C=O) groups excluding carboxylic acids is 2. The van der Waals surface area contributed by atoms with Crippen molar-refractivity contribution in [3.05, 3.63) is 140 Å². The molecule has 0 aliphatic rings. The van der Waals surface area contributed by atoms with Crippen LogP contribution in [0.5, 0.6) is 11.5 Å². The minimum atomic E-state index is -1.33. The molecule has 0 saturated carbocycles. The first-order valence-electron chi connectivity index (χ1n) is 10.9. The molecule has 0 saturated heterocycles. The molecule has 0 heterocycles. The van der Waals surface area contributed by atoms with Gasteiger partial charge in [-0.05, 0) is 48.5 Å². The number of benzene rings is 4. The SMILES string of the molecule is O=C(O[C@H](C(=O)c1ccccc1)c1ccc([N+](=O)[O-])cc1)c1ccc(Oc2ccc([N+](=O)[O-])cc2)cc1. The van der Waals surface area contributed by atoms with E-state index in [1.165, 1.54) is 72.8 Å². The monoisotopic (exact) mass is 498 g/mol. The summed E-state index contributed by atoms with van der Waals surface area (Å²) in [6.45, 7) is 0. The first-order chi connectivity index (χ1) is 17.8. The fourth-order valence-electron chi connectivity index (χ4n) is 3.40. The lowest BCUT2D eigenvalue weighted by atomic mass is 9.99. The molecular weight excluding hydrogens is 480 g/mol. The highest BCUT2D eigenvalue weighted by atomic mass is 16.6. The van der Waals surface area contributed by atoms with Crippen LogP contribution in [0.3, 0.4) is 0 Å². The number of non-ortho nitro benzene ring substituents is 2. The molecule has 10 nitrogen and oxygen atoms in total. The number of carbonyl (C=O) groups is 2. The third-order valence-electron chi connectivity index (χ3n) is 5.30. The van der Waals surface area contributed by atoms with Gasteiger partial charge in [0.25, 0.3) is 11.4 Å². The van der Waals surface area contributed by atoms with Crippen molar-refractivity contribution in [2.75, 3.05) is 0 Å². The highest BCUT2D eigenvalue weighted by molar-refractivity contribution is 6.02. The number of hydrogen-bond donors (Lipinski definition) is 0. The maximum atomic E-state index is 13.2. The Hall–Kier alpha value is -5.38. The van der Waals surface area contributed by atoms with E-state index in [4.69, 9.17) is 9.47 Å². The first kappa shape index (κ1) is 24.7. The molecule has 0 aromatic heterocycles. The van der Waals surface area contributed by atoms with Crippen LogP contribution in [0.4, 0.5) is 11.4 Å². The summed E-state index contributed by atoms with van der Waals surface area (Å²) >= 11 is 0. The second-order valence-electron chi connectivity index (χ2n) is 7.74. The number of nitro benzene ring substituents is 2. The highest BCUT2D eigenvalue weighted by Crippen LogP contribution is 2.28. The van der Waals surface area contributed by atoms with Crippen LogP contribution in [-0.4, -0.2) is 21.6 Å². The Labute approximate surface area is 210 Å². The summed E-state index contributed by atoms with van der Waals surface area (Å²) in [5.74, 6) is -0.527. The van der Waals surface area contributed by atoms with Crippen molar-refractivity contribution in [1.82, 2.24) is 0 Å². The molecule has 0 fully saturated rings. The molecule has 184 valence electrons. The predicted molar refractivity (Wildman–Crippen MR) is 132 cm³/mol. The number of ketones is 1. The molecule has 0 spiro atoms. The molecule has 0 radical (unpaired) electrons. The van der Waals surface area contributed by atoms with Crippen LogP contribution in [0.25, 0.3) is 0 Å². The van der Waals surface area contributed by atoms with Gasteiger partial charge in [0, 0.05) is 35.4 Å². The smallest absolute Gasteiger partial charge is 0.339 e. The van der Waals surface area contributed by atoms with Crippen LogP contribution in [-0.2, 0) is 4.74 Å². The van der Waals surface area contributed by atoms with Gasteiger partial charge in [-0.15, -0.1) is 0 Å². The fourth-order valence-corrected chi connectivity index (χ4v) is 3.40. The zero-order valence-electron chi connectivity index (χ0n) is 19.1. The van der Waals surface area contributed by atoms with Gasteiger partial charge in [-0.2, -0.15) is 0 Å². The topological polar surface area (TPSA) is 139 Å². The fraction of sp³-hybridized carbons (Fsp3) is 0.0370. The van der Waals surface area contributed by atoms with Gasteiger partial charge in [0.15, 0.2) is 6.10 Å². The average Bonchev–Trinajstić information content (AvgIpc) is 2.92. The van der Waals surface area contributed by atoms with Crippen molar-refractivity contribution in [2.24, 2.45) is 0 Å². The Morgan fingerprint density at radius 3 is 1.62 bits per heavy atom. The average molecular weight is 498 g/mol. The number of Topliss-reactive ketones (excluding diaryl/α,β-unsaturated/α-hetero) is 1. The van der Waals surface area contributed by atoms with E-state index in [0.717, 1.165) is 0 Å². The summed E-state index contributed by atoms with van der Waals surface area (Å²) in [6, 6.07) is 24.9. The van der Waals surface area contributed by atoms with Gasteiger partial charge in [0.05, 0.1) is 15.4 Å². The number of esters is 1. The van der Waals surface area contributed by atoms with Gasteiger partial charge < -0.3 is 9.47 Å². The van der Waals surface area contributed by atoms with E-state index in [1.807, 2.05) is 0 Å². The molecule has 1 atom stereocenters. The molecule has 0 aliphatic heterocycles. The minimum absolute atomic E-state index is 0.0712. The van der Waals surface area contributed by atoms with Gasteiger partial charge in [0.2, 0.25) is 5.78 Å². The Morgan fingerprint density at radius 2 is 1.11 bits per heavy atom. The van der Waals surface area contributed by atoms with Crippen LogP contribution < -0.4 is 4.74 Å². The van der Waals surface area contributed by atoms with Crippen molar-refractivity contribution in [1.29, 1.82) is 0 Å². The van der Waals surface area contributed by atoms with Crippen molar-refractivity contribution in [3.8, 4) is 11.5 Å². The van der Waals surface area contributed by atoms with E-state index in [0.29, 0.717) is 17.1 Å². The van der Waals surface area contributed by atoms with Gasteiger partial charge in [-0.3, -0.25) is 25.0 Å². The number of ether oxygens (including phenoxy) is 2. The molecular formula is C27H18N2O8. The molecule has 0 N–H and O–H groups in total. The van der Waals surface area contributed by atoms with Gasteiger partial charge >= 0.3 is 5.97 Å². The normalized spacial score (nSPS) is 11.2. The molecule has 0 amide bonds. The summed E-state index contributed by atoms with van der Waals surface area (Å²) in [7, 11) is 0. The second kappa shape index (κ2) is 10.9. The minimum Gasteiger partial charge on any atom is -0.457 e. The Morgan fingerprint density at radius 1 is 0.622 bits per heavy atom. The van der Waals surface area contributed by atoms with Crippen LogP contribution in [0, 0.1) is 20.2 Å². The highest BCUT2D eigenvalue weighted by Gasteiger charge is 2.27. The Balaban J connectivity index is 1.52. The molecule has 4 rings (SSSR count). The van der Waals surface area contributed by atoms with Crippen molar-refractivity contribution < 1.29 is 28.9 Å². The number of nitro groups is 2. The van der Waals surface area contributed by atoms with Crippen LogP contribution >= 0.6 is 0 Å². The van der Waals surface area contributed by atoms with Gasteiger partial charge in [-0.25, -0.2) is 4.79 Å². The number of rotatable bonds is 9. The van der Waals surface area contributed by atoms with Crippen LogP contribution in [0.1, 0.15) is 32.4 Å². The molecule has 0 unspecified atom stereocenters. The maximum Gasteiger partial charge on any atom is 0.339 e. The second-order valence-corrected chi connectivity index (χ2v) is 7.74. The lowest BCUT2D eigenvalue weighted by Crippen LogP contribution is -2.20. The Bertz CT molecular complexity index is 1440. The lowest BCUT2D eigenvalue weighted by Gasteiger charge is -2.17. The third kappa shape index (κ3) is 6.01. The van der Waals surface area contributed by atoms with E-state index in [9.17, 15) is 29.8 Å². The maximum absolute atomic E-state index is 13.2. The van der Waals surface area contributed by atoms with E-state index in [1.54, 1.807) is 30.3 Å². The van der Waals surface area contributed by atoms with Crippen LogP contribution in [0.2, 0.25) is 0 Å². The quantitative estimate of drug-likeness (QED) is 0.117. The standard InChI is InChI=1S/C27H18N2O8/c30-25(18-4-2-1-3-5-18)26(19-6-10-21(11-7-19)28(32)33)37-27(31)20-8-14-23(15-9-20)36-24-16-12-22(13-17-24)29(34)35/h1-17,26H/t26-/m0/s1. The molecule has 10 heteroatoms. The van der Waals surface area contributed by atoms with Crippen molar-refractivity contribution in [3.63, 3.8) is 0 Å². The molecule has 4 aromatic rings. The lowest BCUT2D eigenvalue weighted by molar-refractivity contribution is -0.385. The van der Waals surface area contributed by atoms with Gasteiger partial charge in [-0.1, -0.05) is 30.3 Å². The molecule has 4 aromatic carbocycles. The largest absolute Gasteiger partial charge is 0.457 e. The van der Waals surface area contributed by atoms with E-state index in [-0.39, 0.29) is 22.5 Å². The van der Waals surface area contributed by atoms with Crippen molar-refractivity contribution in [2.45, 2.75) is 6.10 Å². The summed E-state index contributed by atoms with van der Waals surface area (Å²) in [6.07, 6.45) is -1.33. The zero-order valence-corrected chi connectivity index (χ0v) is 19.1. The summed E-state index contributed by atoms with van der Waals surface area (Å²) in [5, 5.41) is 21.8. The number of hydrogen-bond acceptors (Lipinski definition) is 8. The van der Waals surface area contributed by atoms with E-state index >= 15 is 0 Å². The molecule has 0 aliphatic carbocycles. The first-order valence-corrected chi connectivity index (χ1v) is 10.9. The van der Waals surface area contributed by atoms with Crippen molar-refractivity contribution >= 4 is 23.1 Å². The zero-order chi connectivity index (χ0) is 26.4. The predicted octanol–water partition coefficient (Wildman–Crippen LogP) is 6.08. The summed E-state index contributed by atoms with van der Waals surface area (Å²) in [5.41, 5.74) is 0.503. The third-order valence-corrected chi connectivity index (χ3v) is 5.30. The summed E-state index contributed by atoms with van der Waals surface area (Å²) in [4.78, 5) is 46.8. The van der Waals surface area contributed by atoms with E-state index < -0.39 is 27.7 Å². The van der Waals surface area contributed by atoms with Gasteiger partial charge in [0.1, 0.15) is 11.5 Å².